The summed E-state index contributed by atoms with van der Waals surface area (Å²) in [6.45, 7) is 1.43. The lowest BCUT2D eigenvalue weighted by Crippen LogP contribution is -2.10. The second-order valence-electron chi connectivity index (χ2n) is 5.16. The Morgan fingerprint density at radius 3 is 2.81 bits per heavy atom. The van der Waals surface area contributed by atoms with Gasteiger partial charge >= 0.3 is 0 Å². The molecule has 0 amide bonds. The first-order chi connectivity index (χ1) is 10.0. The number of hydrogen-bond donors (Lipinski definition) is 2. The number of anilines is 1. The third-order valence-corrected chi connectivity index (χ3v) is 3.30. The van der Waals surface area contributed by atoms with Crippen molar-refractivity contribution in [2.75, 3.05) is 5.73 Å². The first kappa shape index (κ1) is 13.4. The van der Waals surface area contributed by atoms with Gasteiger partial charge in [-0.2, -0.15) is 4.98 Å². The Labute approximate surface area is 121 Å². The number of H-pyrrole nitrogens is 1. The SMILES string of the molecule is CC(=O)c1cc(N)ccc1Oc1cc(=O)[nH]c(C2CC2)n1. The van der Waals surface area contributed by atoms with E-state index in [2.05, 4.69) is 9.97 Å². The number of benzene rings is 1. The van der Waals surface area contributed by atoms with Gasteiger partial charge in [0.15, 0.2) is 5.78 Å². The Kier molecular flexibility index (Phi) is 3.21. The fourth-order valence-corrected chi connectivity index (χ4v) is 2.08. The van der Waals surface area contributed by atoms with E-state index < -0.39 is 0 Å². The molecule has 1 aromatic heterocycles. The summed E-state index contributed by atoms with van der Waals surface area (Å²) in [6, 6.07) is 6.06. The van der Waals surface area contributed by atoms with E-state index in [1.807, 2.05) is 0 Å². The lowest BCUT2D eigenvalue weighted by molar-refractivity contribution is 0.101. The van der Waals surface area contributed by atoms with Gasteiger partial charge in [-0.15, -0.1) is 0 Å². The van der Waals surface area contributed by atoms with Gasteiger partial charge in [0.1, 0.15) is 11.6 Å². The number of nitrogens with zero attached hydrogens (tertiary/aromatic N) is 1. The Morgan fingerprint density at radius 1 is 1.38 bits per heavy atom. The minimum Gasteiger partial charge on any atom is -0.438 e. The maximum absolute atomic E-state index is 11.6. The number of aromatic nitrogens is 2. The van der Waals surface area contributed by atoms with Crippen molar-refractivity contribution in [2.24, 2.45) is 0 Å². The summed E-state index contributed by atoms with van der Waals surface area (Å²) in [7, 11) is 0. The van der Waals surface area contributed by atoms with Gasteiger partial charge in [-0.25, -0.2) is 0 Å². The van der Waals surface area contributed by atoms with Crippen LogP contribution in [0.1, 0.15) is 41.9 Å². The van der Waals surface area contributed by atoms with Gasteiger partial charge in [-0.3, -0.25) is 9.59 Å². The van der Waals surface area contributed by atoms with E-state index in [4.69, 9.17) is 10.5 Å². The van der Waals surface area contributed by atoms with Gasteiger partial charge in [0.2, 0.25) is 5.88 Å². The quantitative estimate of drug-likeness (QED) is 0.663. The van der Waals surface area contributed by atoms with E-state index in [1.165, 1.54) is 13.0 Å². The Bertz CT molecular complexity index is 763. The molecule has 0 bridgehead atoms. The molecule has 21 heavy (non-hydrogen) atoms. The molecule has 6 heteroatoms. The summed E-state index contributed by atoms with van der Waals surface area (Å²) < 4.78 is 5.62. The molecule has 1 aliphatic carbocycles. The van der Waals surface area contributed by atoms with Crippen molar-refractivity contribution in [1.29, 1.82) is 0 Å². The maximum atomic E-state index is 11.6. The van der Waals surface area contributed by atoms with E-state index in [0.717, 1.165) is 12.8 Å². The molecule has 108 valence electrons. The number of aromatic amines is 1. The smallest absolute Gasteiger partial charge is 0.254 e. The molecule has 3 N–H and O–H groups in total. The fourth-order valence-electron chi connectivity index (χ4n) is 2.08. The predicted octanol–water partition coefficient (Wildman–Crippen LogP) is 2.22. The average Bonchev–Trinajstić information content (AvgIpc) is 3.24. The second kappa shape index (κ2) is 5.05. The number of ketones is 1. The molecule has 2 aromatic rings. The molecule has 1 heterocycles. The zero-order valence-electron chi connectivity index (χ0n) is 11.6. The van der Waals surface area contributed by atoms with Crippen LogP contribution in [0.15, 0.2) is 29.1 Å². The highest BCUT2D eigenvalue weighted by Crippen LogP contribution is 2.38. The molecule has 0 unspecified atom stereocenters. The molecule has 0 aliphatic heterocycles. The van der Waals surface area contributed by atoms with E-state index in [9.17, 15) is 9.59 Å². The zero-order chi connectivity index (χ0) is 15.0. The molecule has 3 rings (SSSR count). The van der Waals surface area contributed by atoms with Crippen molar-refractivity contribution in [3.8, 4) is 11.6 Å². The molecule has 0 radical (unpaired) electrons. The number of nitrogen functional groups attached to an aromatic ring is 1. The minimum atomic E-state index is -0.262. The minimum absolute atomic E-state index is 0.162. The molecular weight excluding hydrogens is 270 g/mol. The first-order valence-electron chi connectivity index (χ1n) is 6.72. The number of carbonyl (C=O) groups is 1. The number of ether oxygens (including phenoxy) is 1. The third-order valence-electron chi connectivity index (χ3n) is 3.30. The van der Waals surface area contributed by atoms with Gasteiger partial charge in [0.05, 0.1) is 11.6 Å². The molecule has 1 saturated carbocycles. The van der Waals surface area contributed by atoms with Crippen molar-refractivity contribution in [1.82, 2.24) is 9.97 Å². The number of nitrogens with two attached hydrogens (primary N) is 1. The summed E-state index contributed by atoms with van der Waals surface area (Å²) in [5.41, 5.74) is 6.26. The monoisotopic (exact) mass is 285 g/mol. The number of nitrogens with one attached hydrogen (secondary N) is 1. The summed E-state index contributed by atoms with van der Waals surface area (Å²) in [6.07, 6.45) is 2.04. The molecule has 1 aromatic carbocycles. The fraction of sp³-hybridized carbons (Fsp3) is 0.267. The van der Waals surface area contributed by atoms with Crippen LogP contribution in [0.4, 0.5) is 5.69 Å². The van der Waals surface area contributed by atoms with Crippen LogP contribution in [-0.2, 0) is 0 Å². The first-order valence-corrected chi connectivity index (χ1v) is 6.72. The normalized spacial score (nSPS) is 14.0. The number of hydrogen-bond acceptors (Lipinski definition) is 5. The van der Waals surface area contributed by atoms with Crippen LogP contribution < -0.4 is 16.0 Å². The molecular formula is C15H15N3O3. The van der Waals surface area contributed by atoms with Crippen molar-refractivity contribution in [3.63, 3.8) is 0 Å². The lowest BCUT2D eigenvalue weighted by atomic mass is 10.1. The summed E-state index contributed by atoms with van der Waals surface area (Å²) >= 11 is 0. The van der Waals surface area contributed by atoms with Crippen LogP contribution in [0.5, 0.6) is 11.6 Å². The van der Waals surface area contributed by atoms with Crippen molar-refractivity contribution in [3.05, 3.63) is 46.0 Å². The highest BCUT2D eigenvalue weighted by atomic mass is 16.5. The zero-order valence-corrected chi connectivity index (χ0v) is 11.6. The summed E-state index contributed by atoms with van der Waals surface area (Å²) in [4.78, 5) is 30.3. The van der Waals surface area contributed by atoms with Crippen molar-refractivity contribution in [2.45, 2.75) is 25.7 Å². The van der Waals surface area contributed by atoms with Gasteiger partial charge < -0.3 is 15.5 Å². The standard InChI is InChI=1S/C15H15N3O3/c1-8(19)11-6-10(16)4-5-12(11)21-14-7-13(20)17-15(18-14)9-2-3-9/h4-7,9H,2-3,16H2,1H3,(H,17,18,20). The highest BCUT2D eigenvalue weighted by Gasteiger charge is 2.26. The number of carbonyl (C=O) groups excluding carboxylic acids is 1. The van der Waals surface area contributed by atoms with Crippen molar-refractivity contribution < 1.29 is 9.53 Å². The Balaban J connectivity index is 1.97. The second-order valence-corrected chi connectivity index (χ2v) is 5.16. The van der Waals surface area contributed by atoms with Crippen LogP contribution in [0.3, 0.4) is 0 Å². The Hall–Kier alpha value is -2.63. The van der Waals surface area contributed by atoms with E-state index in [1.54, 1.807) is 18.2 Å². The van der Waals surface area contributed by atoms with Gasteiger partial charge in [0.25, 0.3) is 5.56 Å². The number of rotatable bonds is 4. The number of Topliss-reactive ketones (excluding diaryl/α,β-unsaturated/α-hetero) is 1. The molecule has 0 spiro atoms. The van der Waals surface area contributed by atoms with Crippen LogP contribution in [0.2, 0.25) is 0 Å². The van der Waals surface area contributed by atoms with Crippen LogP contribution in [0, 0.1) is 0 Å². The predicted molar refractivity (Wildman–Crippen MR) is 77.8 cm³/mol. The van der Waals surface area contributed by atoms with Crippen molar-refractivity contribution >= 4 is 11.5 Å². The summed E-state index contributed by atoms with van der Waals surface area (Å²) in [5, 5.41) is 0. The third kappa shape index (κ3) is 2.94. The maximum Gasteiger partial charge on any atom is 0.254 e. The van der Waals surface area contributed by atoms with Crippen LogP contribution in [0.25, 0.3) is 0 Å². The van der Waals surface area contributed by atoms with Crippen LogP contribution in [-0.4, -0.2) is 15.8 Å². The van der Waals surface area contributed by atoms with E-state index in [-0.39, 0.29) is 17.2 Å². The largest absolute Gasteiger partial charge is 0.438 e. The molecule has 0 atom stereocenters. The van der Waals surface area contributed by atoms with Gasteiger partial charge in [-0.05, 0) is 38.0 Å². The average molecular weight is 285 g/mol. The van der Waals surface area contributed by atoms with E-state index >= 15 is 0 Å². The molecule has 1 aliphatic rings. The molecule has 0 saturated heterocycles. The Morgan fingerprint density at radius 2 is 2.14 bits per heavy atom. The highest BCUT2D eigenvalue weighted by molar-refractivity contribution is 5.97. The lowest BCUT2D eigenvalue weighted by Gasteiger charge is -2.10. The van der Waals surface area contributed by atoms with Gasteiger partial charge in [-0.1, -0.05) is 0 Å². The topological polar surface area (TPSA) is 98.1 Å². The summed E-state index contributed by atoms with van der Waals surface area (Å²) in [5.74, 6) is 1.31. The molecule has 1 fully saturated rings. The van der Waals surface area contributed by atoms with E-state index in [0.29, 0.717) is 28.7 Å². The van der Waals surface area contributed by atoms with Gasteiger partial charge in [0, 0.05) is 11.6 Å². The van der Waals surface area contributed by atoms with Crippen LogP contribution >= 0.6 is 0 Å². The molecule has 6 nitrogen and oxygen atoms in total.